The molecule has 0 fully saturated rings. The van der Waals surface area contributed by atoms with Gasteiger partial charge in [0.15, 0.2) is 5.52 Å². The van der Waals surface area contributed by atoms with Crippen molar-refractivity contribution in [3.63, 3.8) is 0 Å². The molecule has 0 unspecified atom stereocenters. The first kappa shape index (κ1) is 22.2. The van der Waals surface area contributed by atoms with Crippen LogP contribution in [0.15, 0.2) is 0 Å². The average Bonchev–Trinajstić information content (AvgIpc) is 2.50. The molecule has 0 aliphatic carbocycles. The van der Waals surface area contributed by atoms with Crippen LogP contribution in [0, 0.1) is 0 Å². The van der Waals surface area contributed by atoms with Gasteiger partial charge >= 0.3 is 0 Å². The Labute approximate surface area is 137 Å². The van der Waals surface area contributed by atoms with Crippen LogP contribution >= 0.6 is 16.8 Å². The molecule has 0 saturated carbocycles. The Balaban J connectivity index is 5.00. The minimum Gasteiger partial charge on any atom is -0.337 e. The van der Waals surface area contributed by atoms with Gasteiger partial charge in [-0.3, -0.25) is 4.79 Å². The van der Waals surface area contributed by atoms with Crippen molar-refractivity contribution < 1.29 is 22.9 Å². The molecule has 1 amide bonds. The number of rotatable bonds is 14. The first-order chi connectivity index (χ1) is 10.6. The van der Waals surface area contributed by atoms with Gasteiger partial charge in [-0.15, -0.1) is 0 Å². The second-order valence-corrected chi connectivity index (χ2v) is 7.90. The zero-order valence-corrected chi connectivity index (χ0v) is 16.3. The van der Waals surface area contributed by atoms with Crippen LogP contribution in [0.3, 0.4) is 0 Å². The molecular weight excluding hydrogens is 324 g/mol. The highest BCUT2D eigenvalue weighted by molar-refractivity contribution is 7.66. The van der Waals surface area contributed by atoms with E-state index in [1.807, 2.05) is 27.7 Å². The van der Waals surface area contributed by atoms with Crippen molar-refractivity contribution in [2.45, 2.75) is 59.4 Å². The van der Waals surface area contributed by atoms with Gasteiger partial charge in [0.05, 0.1) is 26.4 Å². The highest BCUT2D eigenvalue weighted by Gasteiger charge is 2.35. The maximum Gasteiger partial charge on any atom is 0.221 e. The number of carbonyl (C=O) groups excluding carboxylic acids is 1. The van der Waals surface area contributed by atoms with E-state index in [1.165, 1.54) is 0 Å². The normalized spacial score (nSPS) is 11.6. The van der Waals surface area contributed by atoms with Gasteiger partial charge in [0.25, 0.3) is 0 Å². The van der Waals surface area contributed by atoms with E-state index in [4.69, 9.17) is 18.1 Å². The fourth-order valence-corrected chi connectivity index (χ4v) is 5.25. The Morgan fingerprint density at radius 3 is 1.59 bits per heavy atom. The molecule has 22 heavy (non-hydrogen) atoms. The molecule has 1 N–H and O–H groups in total. The van der Waals surface area contributed by atoms with Crippen molar-refractivity contribution in [3.8, 4) is 0 Å². The summed E-state index contributed by atoms with van der Waals surface area (Å²) in [6.07, 6.45) is 2.34. The average molecular weight is 355 g/mol. The minimum atomic E-state index is -1.29. The third-order valence-electron chi connectivity index (χ3n) is 2.47. The Hall–Kier alpha value is 0.170. The Kier molecular flexibility index (Phi) is 14.9. The summed E-state index contributed by atoms with van der Waals surface area (Å²) in [7, 11) is -2.57. The second kappa shape index (κ2) is 14.7. The van der Waals surface area contributed by atoms with Gasteiger partial charge in [0.2, 0.25) is 22.7 Å². The predicted octanol–water partition coefficient (Wildman–Crippen LogP) is 4.35. The van der Waals surface area contributed by atoms with Gasteiger partial charge in [0.1, 0.15) is 0 Å². The molecule has 0 bridgehead atoms. The fraction of sp³-hybridized carbons (Fsp3) is 0.929. The summed E-state index contributed by atoms with van der Waals surface area (Å²) in [4.78, 5) is 12.1. The van der Waals surface area contributed by atoms with Gasteiger partial charge in [-0.25, -0.2) is 0 Å². The predicted molar refractivity (Wildman–Crippen MR) is 91.8 cm³/mol. The van der Waals surface area contributed by atoms with E-state index >= 15 is 0 Å². The Morgan fingerprint density at radius 1 is 0.864 bits per heavy atom. The third-order valence-corrected chi connectivity index (χ3v) is 6.71. The molecule has 8 heteroatoms. The van der Waals surface area contributed by atoms with E-state index in [9.17, 15) is 4.79 Å². The quantitative estimate of drug-likeness (QED) is 0.469. The maximum atomic E-state index is 12.1. The zero-order chi connectivity index (χ0) is 16.8. The van der Waals surface area contributed by atoms with E-state index in [-0.39, 0.29) is 11.4 Å². The molecule has 0 atom stereocenters. The number of carbonyl (C=O) groups is 1. The van der Waals surface area contributed by atoms with Crippen LogP contribution in [0.2, 0.25) is 0 Å². The van der Waals surface area contributed by atoms with Crippen LogP contribution < -0.4 is 5.32 Å². The van der Waals surface area contributed by atoms with Crippen molar-refractivity contribution in [3.05, 3.63) is 0 Å². The van der Waals surface area contributed by atoms with Crippen molar-refractivity contribution in [1.29, 1.82) is 0 Å². The molecule has 0 spiro atoms. The van der Waals surface area contributed by atoms with Crippen LogP contribution in [0.4, 0.5) is 0 Å². The molecule has 0 rings (SSSR count). The van der Waals surface area contributed by atoms with Gasteiger partial charge in [-0.2, -0.15) is 0 Å². The van der Waals surface area contributed by atoms with E-state index in [1.54, 1.807) is 0 Å². The summed E-state index contributed by atoms with van der Waals surface area (Å²) in [5, 5.41) is 3.01. The van der Waals surface area contributed by atoms with E-state index < -0.39 is 16.8 Å². The van der Waals surface area contributed by atoms with Gasteiger partial charge in [0, 0.05) is 6.42 Å². The third kappa shape index (κ3) is 9.34. The number of hydrogen-bond acceptors (Lipinski definition) is 5. The standard InChI is InChI=1S/C14H31NO5P2/c1-6-11-12-13(16)15-14(21(17-7-2)18-8-3)22(19-9-4)20-10-5/h14H,6-12H2,1-5H3,(H,15,16). The minimum absolute atomic E-state index is 0.00865. The first-order valence-corrected chi connectivity index (χ1v) is 10.5. The fourth-order valence-electron chi connectivity index (χ4n) is 1.60. The Morgan fingerprint density at radius 2 is 1.27 bits per heavy atom. The lowest BCUT2D eigenvalue weighted by Crippen LogP contribution is -2.34. The van der Waals surface area contributed by atoms with Crippen LogP contribution in [0.5, 0.6) is 0 Å². The summed E-state index contributed by atoms with van der Waals surface area (Å²) in [6, 6.07) is 0. The lowest BCUT2D eigenvalue weighted by Gasteiger charge is -2.31. The van der Waals surface area contributed by atoms with Gasteiger partial charge in [-0.05, 0) is 34.1 Å². The first-order valence-electron chi connectivity index (χ1n) is 8.03. The molecule has 132 valence electrons. The maximum absolute atomic E-state index is 12.1. The lowest BCUT2D eigenvalue weighted by molar-refractivity contribution is -0.121. The molecule has 0 aromatic heterocycles. The molecule has 0 aliphatic heterocycles. The molecular formula is C14H31NO5P2. The topological polar surface area (TPSA) is 66.0 Å². The summed E-state index contributed by atoms with van der Waals surface area (Å²) < 4.78 is 22.8. The van der Waals surface area contributed by atoms with Crippen LogP contribution in [-0.4, -0.2) is 37.9 Å². The Bertz CT molecular complexity index is 256. The number of amides is 1. The largest absolute Gasteiger partial charge is 0.337 e. The summed E-state index contributed by atoms with van der Waals surface area (Å²) >= 11 is 0. The highest BCUT2D eigenvalue weighted by atomic mass is 31.2. The van der Waals surface area contributed by atoms with Gasteiger partial charge < -0.3 is 23.4 Å². The lowest BCUT2D eigenvalue weighted by atomic mass is 10.2. The van der Waals surface area contributed by atoms with Crippen molar-refractivity contribution in [2.24, 2.45) is 0 Å². The molecule has 0 saturated heterocycles. The molecule has 0 radical (unpaired) electrons. The summed E-state index contributed by atoms with van der Waals surface area (Å²) in [5.41, 5.74) is -0.367. The number of unbranched alkanes of at least 4 members (excludes halogenated alkanes) is 1. The smallest absolute Gasteiger partial charge is 0.221 e. The highest BCUT2D eigenvalue weighted by Crippen LogP contribution is 2.59. The summed E-state index contributed by atoms with van der Waals surface area (Å²) in [6.45, 7) is 11.8. The zero-order valence-electron chi connectivity index (χ0n) is 14.5. The van der Waals surface area contributed by atoms with Crippen molar-refractivity contribution >= 4 is 22.7 Å². The van der Waals surface area contributed by atoms with Crippen LogP contribution in [-0.2, 0) is 22.9 Å². The molecule has 0 aromatic rings. The van der Waals surface area contributed by atoms with Crippen LogP contribution in [0.25, 0.3) is 0 Å². The van der Waals surface area contributed by atoms with Crippen molar-refractivity contribution in [1.82, 2.24) is 5.32 Å². The molecule has 0 heterocycles. The molecule has 6 nitrogen and oxygen atoms in total. The summed E-state index contributed by atoms with van der Waals surface area (Å²) in [5.74, 6) is -0.00865. The van der Waals surface area contributed by atoms with Crippen LogP contribution in [0.1, 0.15) is 53.9 Å². The molecule has 0 aromatic carbocycles. The monoisotopic (exact) mass is 355 g/mol. The number of hydrogen-bond donors (Lipinski definition) is 1. The van der Waals surface area contributed by atoms with E-state index in [0.717, 1.165) is 12.8 Å². The molecule has 0 aliphatic rings. The SMILES string of the molecule is CCCCC(=O)NC(P(OCC)OCC)P(OCC)OCC. The van der Waals surface area contributed by atoms with E-state index in [2.05, 4.69) is 12.2 Å². The van der Waals surface area contributed by atoms with E-state index in [0.29, 0.717) is 32.8 Å². The number of nitrogens with one attached hydrogen (secondary N) is 1. The van der Waals surface area contributed by atoms with Crippen molar-refractivity contribution in [2.75, 3.05) is 26.4 Å². The second-order valence-electron chi connectivity index (χ2n) is 4.29. The van der Waals surface area contributed by atoms with Gasteiger partial charge in [-0.1, -0.05) is 13.3 Å².